The molecule has 1 unspecified atom stereocenters. The molecule has 0 bridgehead atoms. The Bertz CT molecular complexity index is 353. The molecule has 0 nitrogen and oxygen atoms in total. The lowest BCUT2D eigenvalue weighted by Crippen LogP contribution is -2.02. The van der Waals surface area contributed by atoms with Gasteiger partial charge in [0.1, 0.15) is 0 Å². The molecule has 1 aromatic carbocycles. The highest BCUT2D eigenvalue weighted by Crippen LogP contribution is 2.24. The van der Waals surface area contributed by atoms with Crippen molar-refractivity contribution < 1.29 is 0 Å². The fraction of sp³-hybridized carbons (Fsp3) is 0.167. The van der Waals surface area contributed by atoms with Crippen LogP contribution >= 0.6 is 0 Å². The second-order valence-corrected chi connectivity index (χ2v) is 2.87. The standard InChI is InChI=1S/C12H9/c1-2-10-7-5-8-11-6-3-4-9-12(10)11/h1,3-6,9-10H,8H2. The van der Waals surface area contributed by atoms with Crippen LogP contribution < -0.4 is 0 Å². The minimum Gasteiger partial charge on any atom is -0.119 e. The van der Waals surface area contributed by atoms with Gasteiger partial charge in [-0.25, -0.2) is 0 Å². The first-order valence-corrected chi connectivity index (χ1v) is 4.03. The smallest absolute Gasteiger partial charge is 0.0702 e. The van der Waals surface area contributed by atoms with Crippen molar-refractivity contribution in [1.29, 1.82) is 0 Å². The highest BCUT2D eigenvalue weighted by Gasteiger charge is 2.12. The molecular formula is C12H9. The fourth-order valence-electron chi connectivity index (χ4n) is 1.52. The SMILES string of the molecule is C#CC1[C]=CCc2ccccc21. The van der Waals surface area contributed by atoms with E-state index < -0.39 is 0 Å². The molecule has 0 fully saturated rings. The Balaban J connectivity index is 2.51. The van der Waals surface area contributed by atoms with Crippen LogP contribution in [0.2, 0.25) is 0 Å². The lowest BCUT2D eigenvalue weighted by atomic mass is 9.89. The van der Waals surface area contributed by atoms with Crippen LogP contribution in [0.1, 0.15) is 17.0 Å². The molecule has 2 rings (SSSR count). The summed E-state index contributed by atoms with van der Waals surface area (Å²) in [6, 6.07) is 8.28. The summed E-state index contributed by atoms with van der Waals surface area (Å²) in [5.74, 6) is 2.78. The van der Waals surface area contributed by atoms with Crippen molar-refractivity contribution in [2.24, 2.45) is 0 Å². The molecular weight excluding hydrogens is 144 g/mol. The van der Waals surface area contributed by atoms with E-state index in [1.165, 1.54) is 11.1 Å². The van der Waals surface area contributed by atoms with Gasteiger partial charge < -0.3 is 0 Å². The third-order valence-electron chi connectivity index (χ3n) is 2.14. The molecule has 0 saturated heterocycles. The molecule has 0 aromatic heterocycles. The third kappa shape index (κ3) is 1.04. The summed E-state index contributed by atoms with van der Waals surface area (Å²) in [5, 5.41) is 0. The van der Waals surface area contributed by atoms with E-state index in [4.69, 9.17) is 6.42 Å². The van der Waals surface area contributed by atoms with Gasteiger partial charge in [0.25, 0.3) is 0 Å². The monoisotopic (exact) mass is 153 g/mol. The number of benzene rings is 1. The summed E-state index contributed by atoms with van der Waals surface area (Å²) in [6.07, 6.45) is 11.5. The Hall–Kier alpha value is -1.48. The van der Waals surface area contributed by atoms with E-state index in [-0.39, 0.29) is 5.92 Å². The molecule has 0 saturated carbocycles. The van der Waals surface area contributed by atoms with E-state index in [2.05, 4.69) is 24.1 Å². The summed E-state index contributed by atoms with van der Waals surface area (Å²) in [5.41, 5.74) is 2.57. The van der Waals surface area contributed by atoms with Crippen molar-refractivity contribution in [1.82, 2.24) is 0 Å². The number of hydrogen-bond donors (Lipinski definition) is 0. The van der Waals surface area contributed by atoms with Crippen molar-refractivity contribution in [2.45, 2.75) is 12.3 Å². The minimum absolute atomic E-state index is 0.0648. The van der Waals surface area contributed by atoms with Gasteiger partial charge in [-0.1, -0.05) is 36.3 Å². The first-order chi connectivity index (χ1) is 5.92. The Labute approximate surface area is 72.9 Å². The Morgan fingerprint density at radius 2 is 2.25 bits per heavy atom. The molecule has 1 aliphatic carbocycles. The predicted molar refractivity (Wildman–Crippen MR) is 49.5 cm³/mol. The van der Waals surface area contributed by atoms with Crippen molar-refractivity contribution in [3.8, 4) is 12.3 Å². The van der Waals surface area contributed by atoms with Gasteiger partial charge in [-0.05, 0) is 23.6 Å². The zero-order chi connectivity index (χ0) is 8.39. The van der Waals surface area contributed by atoms with Gasteiger partial charge >= 0.3 is 0 Å². The van der Waals surface area contributed by atoms with Crippen LogP contribution in [0.3, 0.4) is 0 Å². The average molecular weight is 153 g/mol. The Kier molecular flexibility index (Phi) is 1.72. The number of fused-ring (bicyclic) bond motifs is 1. The lowest BCUT2D eigenvalue weighted by molar-refractivity contribution is 0.989. The second-order valence-electron chi connectivity index (χ2n) is 2.87. The van der Waals surface area contributed by atoms with Gasteiger partial charge in [0, 0.05) is 0 Å². The van der Waals surface area contributed by atoms with Crippen LogP contribution in [0.4, 0.5) is 0 Å². The number of hydrogen-bond acceptors (Lipinski definition) is 0. The van der Waals surface area contributed by atoms with Crippen molar-refractivity contribution in [2.75, 3.05) is 0 Å². The summed E-state index contributed by atoms with van der Waals surface area (Å²) >= 11 is 0. The molecule has 0 heterocycles. The number of terminal acetylenes is 1. The van der Waals surface area contributed by atoms with E-state index in [1.54, 1.807) is 0 Å². The van der Waals surface area contributed by atoms with E-state index in [9.17, 15) is 0 Å². The van der Waals surface area contributed by atoms with Gasteiger partial charge in [-0.15, -0.1) is 6.42 Å². The van der Waals surface area contributed by atoms with Crippen LogP contribution in [0, 0.1) is 18.4 Å². The molecule has 1 aliphatic rings. The topological polar surface area (TPSA) is 0 Å². The third-order valence-corrected chi connectivity index (χ3v) is 2.14. The zero-order valence-corrected chi connectivity index (χ0v) is 6.75. The van der Waals surface area contributed by atoms with Crippen LogP contribution in [0.15, 0.2) is 30.3 Å². The fourth-order valence-corrected chi connectivity index (χ4v) is 1.52. The second kappa shape index (κ2) is 2.87. The van der Waals surface area contributed by atoms with Crippen molar-refractivity contribution in [3.63, 3.8) is 0 Å². The molecule has 1 atom stereocenters. The molecule has 0 heteroatoms. The van der Waals surface area contributed by atoms with Crippen LogP contribution in [0.25, 0.3) is 0 Å². The van der Waals surface area contributed by atoms with Crippen LogP contribution in [-0.2, 0) is 6.42 Å². The molecule has 0 N–H and O–H groups in total. The maximum absolute atomic E-state index is 5.39. The molecule has 1 aromatic rings. The maximum atomic E-state index is 5.39. The molecule has 1 radical (unpaired) electrons. The predicted octanol–water partition coefficient (Wildman–Crippen LogP) is 2.32. The molecule has 0 spiro atoms. The van der Waals surface area contributed by atoms with Crippen LogP contribution in [0.5, 0.6) is 0 Å². The Morgan fingerprint density at radius 1 is 1.42 bits per heavy atom. The molecule has 12 heavy (non-hydrogen) atoms. The van der Waals surface area contributed by atoms with Gasteiger partial charge in [0.05, 0.1) is 5.92 Å². The quantitative estimate of drug-likeness (QED) is 0.502. The van der Waals surface area contributed by atoms with Crippen molar-refractivity contribution >= 4 is 0 Å². The highest BCUT2D eigenvalue weighted by atomic mass is 14.1. The minimum atomic E-state index is 0.0648. The number of allylic oxidation sites excluding steroid dienone is 2. The van der Waals surface area contributed by atoms with Crippen LogP contribution in [-0.4, -0.2) is 0 Å². The van der Waals surface area contributed by atoms with Gasteiger partial charge in [-0.2, -0.15) is 0 Å². The van der Waals surface area contributed by atoms with Gasteiger partial charge in [-0.3, -0.25) is 0 Å². The van der Waals surface area contributed by atoms with E-state index >= 15 is 0 Å². The first kappa shape index (κ1) is 7.18. The zero-order valence-electron chi connectivity index (χ0n) is 6.75. The van der Waals surface area contributed by atoms with E-state index in [0.717, 1.165) is 6.42 Å². The van der Waals surface area contributed by atoms with Crippen molar-refractivity contribution in [3.05, 3.63) is 47.5 Å². The maximum Gasteiger partial charge on any atom is 0.0702 e. The largest absolute Gasteiger partial charge is 0.119 e. The molecule has 0 aliphatic heterocycles. The van der Waals surface area contributed by atoms with E-state index in [0.29, 0.717) is 0 Å². The summed E-state index contributed by atoms with van der Waals surface area (Å²) in [6.45, 7) is 0. The number of rotatable bonds is 0. The summed E-state index contributed by atoms with van der Waals surface area (Å²) in [4.78, 5) is 0. The molecule has 0 amide bonds. The normalized spacial score (nSPS) is 19.8. The lowest BCUT2D eigenvalue weighted by Gasteiger charge is -2.14. The highest BCUT2D eigenvalue weighted by molar-refractivity contribution is 5.40. The first-order valence-electron chi connectivity index (χ1n) is 4.03. The average Bonchev–Trinajstić information content (AvgIpc) is 2.17. The summed E-state index contributed by atoms with van der Waals surface area (Å²) in [7, 11) is 0. The van der Waals surface area contributed by atoms with Gasteiger partial charge in [0.15, 0.2) is 0 Å². The van der Waals surface area contributed by atoms with E-state index in [1.807, 2.05) is 18.2 Å². The summed E-state index contributed by atoms with van der Waals surface area (Å²) < 4.78 is 0. The Morgan fingerprint density at radius 3 is 3.08 bits per heavy atom. The van der Waals surface area contributed by atoms with Gasteiger partial charge in [0.2, 0.25) is 0 Å². The molecule has 57 valence electrons.